The van der Waals surface area contributed by atoms with Gasteiger partial charge in [-0.3, -0.25) is 14.4 Å². The minimum atomic E-state index is -0.632. The van der Waals surface area contributed by atoms with Gasteiger partial charge in [-0.25, -0.2) is 4.90 Å². The summed E-state index contributed by atoms with van der Waals surface area (Å²) in [5.41, 5.74) is 12.2. The van der Waals surface area contributed by atoms with Crippen molar-refractivity contribution < 1.29 is 14.4 Å². The van der Waals surface area contributed by atoms with Gasteiger partial charge >= 0.3 is 0 Å². The van der Waals surface area contributed by atoms with Crippen LogP contribution in [0, 0.1) is 0 Å². The number of benzene rings is 2. The third kappa shape index (κ3) is 1.85. The van der Waals surface area contributed by atoms with Crippen molar-refractivity contribution >= 4 is 29.1 Å². The number of imide groups is 1. The number of nitrogens with two attached hydrogens (primary N) is 2. The molecule has 1 aliphatic rings. The fourth-order valence-corrected chi connectivity index (χ4v) is 2.34. The lowest BCUT2D eigenvalue weighted by Crippen LogP contribution is -2.29. The predicted octanol–water partition coefficient (Wildman–Crippen LogP) is 1.17. The van der Waals surface area contributed by atoms with Crippen LogP contribution in [0.25, 0.3) is 0 Å². The highest BCUT2D eigenvalue weighted by Crippen LogP contribution is 2.31. The van der Waals surface area contributed by atoms with Gasteiger partial charge in [0.25, 0.3) is 11.8 Å². The second kappa shape index (κ2) is 4.45. The van der Waals surface area contributed by atoms with Crippen LogP contribution < -0.4 is 16.4 Å². The zero-order valence-corrected chi connectivity index (χ0v) is 10.9. The van der Waals surface area contributed by atoms with Gasteiger partial charge in [0, 0.05) is 11.3 Å². The maximum atomic E-state index is 12.4. The van der Waals surface area contributed by atoms with Crippen molar-refractivity contribution in [2.45, 2.75) is 0 Å². The fraction of sp³-hybridized carbons (Fsp3) is 0. The molecule has 0 aromatic heterocycles. The molecule has 0 saturated carbocycles. The number of rotatable bonds is 2. The topological polar surface area (TPSA) is 106 Å². The molecular formula is C15H11N3O3. The second-order valence-electron chi connectivity index (χ2n) is 4.63. The van der Waals surface area contributed by atoms with E-state index in [4.69, 9.17) is 11.5 Å². The summed E-state index contributed by atoms with van der Waals surface area (Å²) in [6.45, 7) is 0. The highest BCUT2D eigenvalue weighted by atomic mass is 16.2. The summed E-state index contributed by atoms with van der Waals surface area (Å²) in [4.78, 5) is 37.0. The molecule has 0 atom stereocenters. The van der Waals surface area contributed by atoms with Crippen LogP contribution in [-0.4, -0.2) is 17.7 Å². The van der Waals surface area contributed by atoms with E-state index in [1.54, 1.807) is 30.3 Å². The van der Waals surface area contributed by atoms with Crippen LogP contribution in [0.2, 0.25) is 0 Å². The van der Waals surface area contributed by atoms with Gasteiger partial charge in [-0.1, -0.05) is 12.1 Å². The molecule has 1 aliphatic heterocycles. The van der Waals surface area contributed by atoms with Gasteiger partial charge in [-0.05, 0) is 30.3 Å². The Bertz CT molecular complexity index is 799. The lowest BCUT2D eigenvalue weighted by molar-refractivity contribution is 0.0923. The summed E-state index contributed by atoms with van der Waals surface area (Å²) in [6, 6.07) is 10.8. The number of carbonyl (C=O) groups excluding carboxylic acids is 3. The lowest BCUT2D eigenvalue weighted by Gasteiger charge is -2.14. The van der Waals surface area contributed by atoms with E-state index in [0.717, 1.165) is 4.90 Å². The maximum absolute atomic E-state index is 12.4. The van der Waals surface area contributed by atoms with Gasteiger partial charge in [0.2, 0.25) is 5.91 Å². The normalized spacial score (nSPS) is 13.4. The molecule has 104 valence electrons. The first-order chi connectivity index (χ1) is 10.0. The van der Waals surface area contributed by atoms with Crippen LogP contribution in [0.3, 0.4) is 0 Å². The molecule has 0 radical (unpaired) electrons. The van der Waals surface area contributed by atoms with Crippen molar-refractivity contribution in [3.8, 4) is 0 Å². The Morgan fingerprint density at radius 3 is 2.38 bits per heavy atom. The van der Waals surface area contributed by atoms with Gasteiger partial charge in [-0.2, -0.15) is 0 Å². The Morgan fingerprint density at radius 2 is 1.71 bits per heavy atom. The average molecular weight is 281 g/mol. The number of amides is 3. The quantitative estimate of drug-likeness (QED) is 0.636. The SMILES string of the molecule is NC(=O)c1cccc(N2C(=O)c3cccc(N)c3C2=O)c1. The van der Waals surface area contributed by atoms with Crippen LogP contribution in [0.1, 0.15) is 31.1 Å². The molecule has 1 heterocycles. The summed E-state index contributed by atoms with van der Waals surface area (Å²) in [6.07, 6.45) is 0. The third-order valence-electron chi connectivity index (χ3n) is 3.34. The molecule has 0 bridgehead atoms. The Kier molecular flexibility index (Phi) is 2.72. The Morgan fingerprint density at radius 1 is 1.00 bits per heavy atom. The number of carbonyl (C=O) groups is 3. The molecule has 21 heavy (non-hydrogen) atoms. The smallest absolute Gasteiger partial charge is 0.268 e. The molecule has 0 unspecified atom stereocenters. The zero-order valence-electron chi connectivity index (χ0n) is 10.9. The van der Waals surface area contributed by atoms with Crippen LogP contribution >= 0.6 is 0 Å². The molecule has 3 amide bonds. The molecule has 6 nitrogen and oxygen atoms in total. The van der Waals surface area contributed by atoms with Crippen molar-refractivity contribution in [2.24, 2.45) is 5.73 Å². The lowest BCUT2D eigenvalue weighted by atomic mass is 10.1. The largest absolute Gasteiger partial charge is 0.398 e. The average Bonchev–Trinajstić information content (AvgIpc) is 2.72. The minimum absolute atomic E-state index is 0.187. The Hall–Kier alpha value is -3.15. The number of fused-ring (bicyclic) bond motifs is 1. The number of primary amides is 1. The summed E-state index contributed by atoms with van der Waals surface area (Å²) in [5, 5.41) is 0. The van der Waals surface area contributed by atoms with Crippen molar-refractivity contribution in [3.05, 3.63) is 59.2 Å². The second-order valence-corrected chi connectivity index (χ2v) is 4.63. The molecule has 3 rings (SSSR count). The summed E-state index contributed by atoms with van der Waals surface area (Å²) in [7, 11) is 0. The van der Waals surface area contributed by atoms with Crippen molar-refractivity contribution in [1.29, 1.82) is 0 Å². The van der Waals surface area contributed by atoms with E-state index in [-0.39, 0.29) is 28.1 Å². The standard InChI is InChI=1S/C15H11N3O3/c16-11-6-2-5-10-12(11)15(21)18(14(10)20)9-4-1-3-8(7-9)13(17)19/h1-7H,16H2,(H2,17,19). The van der Waals surface area contributed by atoms with E-state index in [2.05, 4.69) is 0 Å². The van der Waals surface area contributed by atoms with Crippen molar-refractivity contribution in [2.75, 3.05) is 10.6 Å². The van der Waals surface area contributed by atoms with E-state index >= 15 is 0 Å². The van der Waals surface area contributed by atoms with Crippen LogP contribution in [0.4, 0.5) is 11.4 Å². The van der Waals surface area contributed by atoms with Gasteiger partial charge < -0.3 is 11.5 Å². The van der Waals surface area contributed by atoms with Crippen LogP contribution in [0.5, 0.6) is 0 Å². The first-order valence-corrected chi connectivity index (χ1v) is 6.18. The number of hydrogen-bond acceptors (Lipinski definition) is 4. The van der Waals surface area contributed by atoms with E-state index in [9.17, 15) is 14.4 Å². The van der Waals surface area contributed by atoms with Gasteiger partial charge in [0.05, 0.1) is 16.8 Å². The van der Waals surface area contributed by atoms with Crippen molar-refractivity contribution in [3.63, 3.8) is 0 Å². The molecule has 4 N–H and O–H groups in total. The minimum Gasteiger partial charge on any atom is -0.398 e. The van der Waals surface area contributed by atoms with E-state index in [0.29, 0.717) is 0 Å². The highest BCUT2D eigenvalue weighted by Gasteiger charge is 2.38. The molecular weight excluding hydrogens is 270 g/mol. The van der Waals surface area contributed by atoms with Crippen molar-refractivity contribution in [1.82, 2.24) is 0 Å². The Labute approximate surface area is 120 Å². The van der Waals surface area contributed by atoms with Gasteiger partial charge in [0.1, 0.15) is 0 Å². The summed E-state index contributed by atoms with van der Waals surface area (Å²) in [5.74, 6) is -1.60. The number of hydrogen-bond donors (Lipinski definition) is 2. The molecule has 2 aromatic carbocycles. The summed E-state index contributed by atoms with van der Waals surface area (Å²) >= 11 is 0. The zero-order chi connectivity index (χ0) is 15.1. The van der Waals surface area contributed by atoms with Gasteiger partial charge in [0.15, 0.2) is 0 Å². The van der Waals surface area contributed by atoms with Crippen LogP contribution in [-0.2, 0) is 0 Å². The van der Waals surface area contributed by atoms with E-state index in [1.807, 2.05) is 0 Å². The highest BCUT2D eigenvalue weighted by molar-refractivity contribution is 6.36. The Balaban J connectivity index is 2.12. The third-order valence-corrected chi connectivity index (χ3v) is 3.34. The van der Waals surface area contributed by atoms with Crippen LogP contribution in [0.15, 0.2) is 42.5 Å². The first-order valence-electron chi connectivity index (χ1n) is 6.18. The predicted molar refractivity (Wildman–Crippen MR) is 77.0 cm³/mol. The molecule has 0 spiro atoms. The molecule has 0 aliphatic carbocycles. The van der Waals surface area contributed by atoms with E-state index < -0.39 is 17.7 Å². The number of nitrogen functional groups attached to an aromatic ring is 1. The molecule has 6 heteroatoms. The number of nitrogens with zero attached hydrogens (tertiary/aromatic N) is 1. The fourth-order valence-electron chi connectivity index (χ4n) is 2.34. The maximum Gasteiger partial charge on any atom is 0.268 e. The van der Waals surface area contributed by atoms with E-state index in [1.165, 1.54) is 12.1 Å². The molecule has 0 saturated heterocycles. The monoisotopic (exact) mass is 281 g/mol. The van der Waals surface area contributed by atoms with Gasteiger partial charge in [-0.15, -0.1) is 0 Å². The summed E-state index contributed by atoms with van der Waals surface area (Å²) < 4.78 is 0. The first kappa shape index (κ1) is 12.9. The molecule has 0 fully saturated rings. The molecule has 2 aromatic rings. The number of anilines is 2.